The van der Waals surface area contributed by atoms with E-state index in [0.717, 1.165) is 0 Å². The molecule has 0 unspecified atom stereocenters. The molecule has 1 aliphatic rings. The number of amides is 1. The molecule has 1 rings (SSSR count). The van der Waals surface area contributed by atoms with Crippen molar-refractivity contribution in [1.29, 1.82) is 0 Å². The summed E-state index contributed by atoms with van der Waals surface area (Å²) in [5.74, 6) is -0.258. The standard InChI is InChI=1S/C7H7NO3/c9-4-2-8-3-6-11-5-1-7(8)10/h1,3-6H,2H2. The van der Waals surface area contributed by atoms with Gasteiger partial charge in [0.2, 0.25) is 0 Å². The Balaban J connectivity index is 2.67. The van der Waals surface area contributed by atoms with Crippen molar-refractivity contribution < 1.29 is 14.3 Å². The van der Waals surface area contributed by atoms with Gasteiger partial charge in [-0.25, -0.2) is 0 Å². The molecule has 4 nitrogen and oxygen atoms in total. The molecule has 0 saturated carbocycles. The van der Waals surface area contributed by atoms with Crippen LogP contribution in [0.1, 0.15) is 0 Å². The van der Waals surface area contributed by atoms with Crippen LogP contribution in [0, 0.1) is 0 Å². The Kier molecular flexibility index (Phi) is 2.43. The van der Waals surface area contributed by atoms with Gasteiger partial charge in [0.05, 0.1) is 12.8 Å². The van der Waals surface area contributed by atoms with Gasteiger partial charge in [0.15, 0.2) is 0 Å². The van der Waals surface area contributed by atoms with Crippen molar-refractivity contribution in [3.63, 3.8) is 0 Å². The van der Waals surface area contributed by atoms with E-state index in [1.54, 1.807) is 0 Å². The maximum Gasteiger partial charge on any atom is 0.254 e. The Morgan fingerprint density at radius 3 is 3.09 bits per heavy atom. The Bertz CT molecular complexity index is 220. The van der Waals surface area contributed by atoms with Crippen molar-refractivity contribution in [1.82, 2.24) is 4.90 Å². The van der Waals surface area contributed by atoms with E-state index in [0.29, 0.717) is 6.29 Å². The molecule has 1 aliphatic heterocycles. The second kappa shape index (κ2) is 3.55. The van der Waals surface area contributed by atoms with Crippen LogP contribution in [0.3, 0.4) is 0 Å². The molecule has 0 aromatic heterocycles. The predicted octanol–water partition coefficient (Wildman–Crippen LogP) is 0.0290. The van der Waals surface area contributed by atoms with E-state index in [-0.39, 0.29) is 12.5 Å². The minimum Gasteiger partial charge on any atom is -0.471 e. The summed E-state index contributed by atoms with van der Waals surface area (Å²) >= 11 is 0. The van der Waals surface area contributed by atoms with E-state index < -0.39 is 0 Å². The average molecular weight is 153 g/mol. The summed E-state index contributed by atoms with van der Waals surface area (Å²) in [6, 6.07) is 0. The molecule has 11 heavy (non-hydrogen) atoms. The third kappa shape index (κ3) is 1.93. The van der Waals surface area contributed by atoms with Crippen LogP contribution in [0.5, 0.6) is 0 Å². The van der Waals surface area contributed by atoms with Gasteiger partial charge in [-0.3, -0.25) is 4.79 Å². The van der Waals surface area contributed by atoms with Gasteiger partial charge in [0, 0.05) is 12.3 Å². The number of hydrogen-bond acceptors (Lipinski definition) is 3. The summed E-state index contributed by atoms with van der Waals surface area (Å²) in [4.78, 5) is 22.2. The topological polar surface area (TPSA) is 46.6 Å². The average Bonchev–Trinajstić information content (AvgIpc) is 2.18. The van der Waals surface area contributed by atoms with Gasteiger partial charge in [0.25, 0.3) is 5.91 Å². The van der Waals surface area contributed by atoms with Crippen LogP contribution in [-0.2, 0) is 14.3 Å². The second-order valence-corrected chi connectivity index (χ2v) is 1.88. The Morgan fingerprint density at radius 2 is 2.36 bits per heavy atom. The first-order chi connectivity index (χ1) is 5.34. The first kappa shape index (κ1) is 7.53. The SMILES string of the molecule is O=CCN1C=COC=CC1=O. The van der Waals surface area contributed by atoms with Crippen LogP contribution >= 0.6 is 0 Å². The molecule has 0 aromatic rings. The number of ether oxygens (including phenoxy) is 1. The molecule has 0 radical (unpaired) electrons. The van der Waals surface area contributed by atoms with Crippen molar-refractivity contribution in [2.75, 3.05) is 6.54 Å². The minimum atomic E-state index is -0.258. The molecule has 1 heterocycles. The maximum absolute atomic E-state index is 11.0. The van der Waals surface area contributed by atoms with Crippen molar-refractivity contribution in [3.05, 3.63) is 24.8 Å². The van der Waals surface area contributed by atoms with Gasteiger partial charge in [-0.15, -0.1) is 0 Å². The number of rotatable bonds is 2. The highest BCUT2D eigenvalue weighted by molar-refractivity contribution is 5.89. The van der Waals surface area contributed by atoms with Crippen molar-refractivity contribution in [2.45, 2.75) is 0 Å². The molecule has 0 fully saturated rings. The Labute approximate surface area is 63.7 Å². The molecule has 0 saturated heterocycles. The monoisotopic (exact) mass is 153 g/mol. The van der Waals surface area contributed by atoms with Gasteiger partial charge in [-0.05, 0) is 0 Å². The fourth-order valence-corrected chi connectivity index (χ4v) is 0.652. The van der Waals surface area contributed by atoms with E-state index in [2.05, 4.69) is 0 Å². The summed E-state index contributed by atoms with van der Waals surface area (Å²) < 4.78 is 4.70. The quantitative estimate of drug-likeness (QED) is 0.526. The van der Waals surface area contributed by atoms with Crippen LogP contribution < -0.4 is 0 Å². The summed E-state index contributed by atoms with van der Waals surface area (Å²) in [5, 5.41) is 0. The first-order valence-electron chi connectivity index (χ1n) is 3.07. The van der Waals surface area contributed by atoms with Crippen LogP contribution in [0.15, 0.2) is 24.8 Å². The highest BCUT2D eigenvalue weighted by Crippen LogP contribution is 1.97. The van der Waals surface area contributed by atoms with Crippen molar-refractivity contribution in [3.8, 4) is 0 Å². The fraction of sp³-hybridized carbons (Fsp3) is 0.143. The smallest absolute Gasteiger partial charge is 0.254 e. The molecule has 0 atom stereocenters. The number of carbonyl (C=O) groups is 2. The molecule has 0 bridgehead atoms. The van der Waals surface area contributed by atoms with E-state index >= 15 is 0 Å². The van der Waals surface area contributed by atoms with Gasteiger partial charge in [-0.2, -0.15) is 0 Å². The van der Waals surface area contributed by atoms with E-state index in [9.17, 15) is 9.59 Å². The van der Waals surface area contributed by atoms with Crippen LogP contribution in [-0.4, -0.2) is 23.6 Å². The maximum atomic E-state index is 11.0. The van der Waals surface area contributed by atoms with E-state index in [1.807, 2.05) is 0 Å². The predicted molar refractivity (Wildman–Crippen MR) is 37.1 cm³/mol. The molecule has 0 aliphatic carbocycles. The van der Waals surface area contributed by atoms with Gasteiger partial charge in [-0.1, -0.05) is 0 Å². The molecular formula is C7H7NO3. The largest absolute Gasteiger partial charge is 0.471 e. The zero-order chi connectivity index (χ0) is 8.10. The highest BCUT2D eigenvalue weighted by atomic mass is 16.5. The number of carbonyl (C=O) groups excluding carboxylic acids is 2. The lowest BCUT2D eigenvalue weighted by Crippen LogP contribution is -2.24. The van der Waals surface area contributed by atoms with Crippen LogP contribution in [0.2, 0.25) is 0 Å². The third-order valence-electron chi connectivity index (χ3n) is 1.16. The zero-order valence-electron chi connectivity index (χ0n) is 5.77. The fourth-order valence-electron chi connectivity index (χ4n) is 0.652. The molecule has 0 aromatic carbocycles. The van der Waals surface area contributed by atoms with Crippen LogP contribution in [0.4, 0.5) is 0 Å². The highest BCUT2D eigenvalue weighted by Gasteiger charge is 2.07. The first-order valence-corrected chi connectivity index (χ1v) is 3.07. The summed E-state index contributed by atoms with van der Waals surface area (Å²) in [5.41, 5.74) is 0. The molecular weight excluding hydrogens is 146 g/mol. The van der Waals surface area contributed by atoms with Gasteiger partial charge < -0.3 is 14.4 Å². The molecule has 4 heteroatoms. The molecule has 0 spiro atoms. The Hall–Kier alpha value is -1.58. The number of hydrogen-bond donors (Lipinski definition) is 0. The number of nitrogens with zero attached hydrogens (tertiary/aromatic N) is 1. The second-order valence-electron chi connectivity index (χ2n) is 1.88. The van der Waals surface area contributed by atoms with E-state index in [4.69, 9.17) is 4.74 Å². The summed E-state index contributed by atoms with van der Waals surface area (Å²) in [6.45, 7) is 0.0586. The molecule has 1 amide bonds. The zero-order valence-corrected chi connectivity index (χ0v) is 5.77. The van der Waals surface area contributed by atoms with Gasteiger partial charge in [0.1, 0.15) is 12.5 Å². The van der Waals surface area contributed by atoms with Crippen molar-refractivity contribution >= 4 is 12.2 Å². The Morgan fingerprint density at radius 1 is 1.55 bits per heavy atom. The third-order valence-corrected chi connectivity index (χ3v) is 1.16. The molecule has 0 N–H and O–H groups in total. The van der Waals surface area contributed by atoms with Gasteiger partial charge >= 0.3 is 0 Å². The lowest BCUT2D eigenvalue weighted by molar-refractivity contribution is -0.125. The van der Waals surface area contributed by atoms with Crippen LogP contribution in [0.25, 0.3) is 0 Å². The normalized spacial score (nSPS) is 16.0. The number of aldehydes is 1. The van der Waals surface area contributed by atoms with E-state index in [1.165, 1.54) is 29.7 Å². The lowest BCUT2D eigenvalue weighted by Gasteiger charge is -2.09. The summed E-state index contributed by atoms with van der Waals surface area (Å²) in [7, 11) is 0. The molecule has 58 valence electrons. The summed E-state index contributed by atoms with van der Waals surface area (Å²) in [6.07, 6.45) is 5.93. The lowest BCUT2D eigenvalue weighted by atomic mass is 10.5. The minimum absolute atomic E-state index is 0.0586. The van der Waals surface area contributed by atoms with Crippen molar-refractivity contribution in [2.24, 2.45) is 0 Å².